The third kappa shape index (κ3) is 2.87. The molecule has 2 rings (SSSR count). The molecule has 0 radical (unpaired) electrons. The molecule has 0 aromatic heterocycles. The van der Waals surface area contributed by atoms with E-state index in [1.165, 1.54) is 4.90 Å². The zero-order valence-electron chi connectivity index (χ0n) is 11.0. The van der Waals surface area contributed by atoms with E-state index >= 15 is 0 Å². The Kier molecular flexibility index (Phi) is 4.66. The van der Waals surface area contributed by atoms with Crippen molar-refractivity contribution in [2.24, 2.45) is 0 Å². The van der Waals surface area contributed by atoms with Crippen LogP contribution in [0.15, 0.2) is 29.2 Å². The topological polar surface area (TPSA) is 32.3 Å². The number of anilines is 1. The Hall–Kier alpha value is -1.00. The summed E-state index contributed by atoms with van der Waals surface area (Å²) < 4.78 is 0. The lowest BCUT2D eigenvalue weighted by Gasteiger charge is -2.32. The largest absolute Gasteiger partial charge is 0.311 e. The zero-order valence-corrected chi connectivity index (χ0v) is 11.8. The van der Waals surface area contributed by atoms with Crippen LogP contribution < -0.4 is 10.2 Å². The summed E-state index contributed by atoms with van der Waals surface area (Å²) in [6.07, 6.45) is 4.07. The molecule has 0 saturated carbocycles. The first-order valence-electron chi connectivity index (χ1n) is 6.45. The Morgan fingerprint density at radius 1 is 1.39 bits per heavy atom. The molecule has 1 N–H and O–H groups in total. The van der Waals surface area contributed by atoms with E-state index in [1.54, 1.807) is 11.8 Å². The van der Waals surface area contributed by atoms with Crippen LogP contribution in [0.2, 0.25) is 0 Å². The summed E-state index contributed by atoms with van der Waals surface area (Å²) in [6, 6.07) is 8.22. The van der Waals surface area contributed by atoms with Crippen molar-refractivity contribution in [3.63, 3.8) is 0 Å². The van der Waals surface area contributed by atoms with Crippen molar-refractivity contribution < 1.29 is 4.79 Å². The molecule has 18 heavy (non-hydrogen) atoms. The standard InChI is InChI=1S/C14H20N2OS/c1-3-15-13-5-4-10-16(14(13)17)11-6-8-12(18-2)9-7-11/h6-9,13,15H,3-5,10H2,1-2H3. The summed E-state index contributed by atoms with van der Waals surface area (Å²) in [5, 5.41) is 3.26. The molecule has 1 atom stereocenters. The fraction of sp³-hybridized carbons (Fsp3) is 0.500. The van der Waals surface area contributed by atoms with E-state index in [1.807, 2.05) is 24.0 Å². The normalized spacial score (nSPS) is 20.2. The van der Waals surface area contributed by atoms with Gasteiger partial charge in [-0.1, -0.05) is 6.92 Å². The van der Waals surface area contributed by atoms with Crippen molar-refractivity contribution in [3.8, 4) is 0 Å². The van der Waals surface area contributed by atoms with Gasteiger partial charge in [-0.25, -0.2) is 0 Å². The lowest BCUT2D eigenvalue weighted by atomic mass is 10.0. The molecular weight excluding hydrogens is 244 g/mol. The minimum Gasteiger partial charge on any atom is -0.311 e. The molecule has 1 heterocycles. The maximum absolute atomic E-state index is 12.3. The van der Waals surface area contributed by atoms with Crippen LogP contribution in [0.4, 0.5) is 5.69 Å². The molecule has 1 aliphatic rings. The fourth-order valence-corrected chi connectivity index (χ4v) is 2.74. The van der Waals surface area contributed by atoms with Crippen molar-refractivity contribution in [1.82, 2.24) is 5.32 Å². The number of rotatable bonds is 4. The average molecular weight is 264 g/mol. The van der Waals surface area contributed by atoms with Gasteiger partial charge in [0, 0.05) is 17.1 Å². The van der Waals surface area contributed by atoms with Crippen molar-refractivity contribution in [2.45, 2.75) is 30.7 Å². The predicted octanol–water partition coefficient (Wildman–Crippen LogP) is 2.51. The van der Waals surface area contributed by atoms with E-state index in [0.29, 0.717) is 0 Å². The zero-order chi connectivity index (χ0) is 13.0. The van der Waals surface area contributed by atoms with Gasteiger partial charge in [0.25, 0.3) is 0 Å². The van der Waals surface area contributed by atoms with Gasteiger partial charge in [0.1, 0.15) is 0 Å². The van der Waals surface area contributed by atoms with Crippen LogP contribution >= 0.6 is 11.8 Å². The number of likely N-dealkylation sites (N-methyl/N-ethyl adjacent to an activating group) is 1. The molecule has 4 heteroatoms. The van der Waals surface area contributed by atoms with E-state index in [0.717, 1.165) is 31.6 Å². The second kappa shape index (κ2) is 6.25. The predicted molar refractivity (Wildman–Crippen MR) is 77.3 cm³/mol. The van der Waals surface area contributed by atoms with Gasteiger partial charge in [-0.3, -0.25) is 4.79 Å². The quantitative estimate of drug-likeness (QED) is 0.848. The second-order valence-electron chi connectivity index (χ2n) is 4.44. The summed E-state index contributed by atoms with van der Waals surface area (Å²) in [6.45, 7) is 3.72. The number of carbonyl (C=O) groups excluding carboxylic acids is 1. The van der Waals surface area contributed by atoms with E-state index < -0.39 is 0 Å². The smallest absolute Gasteiger partial charge is 0.244 e. The Balaban J connectivity index is 2.13. The van der Waals surface area contributed by atoms with Crippen molar-refractivity contribution in [3.05, 3.63) is 24.3 Å². The van der Waals surface area contributed by atoms with E-state index in [9.17, 15) is 4.79 Å². The molecule has 1 saturated heterocycles. The molecule has 0 spiro atoms. The SMILES string of the molecule is CCNC1CCCN(c2ccc(SC)cc2)C1=O. The molecular formula is C14H20N2OS. The Bertz CT molecular complexity index is 403. The molecule has 1 fully saturated rings. The molecule has 98 valence electrons. The van der Waals surface area contributed by atoms with Gasteiger partial charge >= 0.3 is 0 Å². The number of hydrogen-bond acceptors (Lipinski definition) is 3. The number of amides is 1. The monoisotopic (exact) mass is 264 g/mol. The van der Waals surface area contributed by atoms with Crippen LogP contribution in [0.5, 0.6) is 0 Å². The highest BCUT2D eigenvalue weighted by molar-refractivity contribution is 7.98. The first kappa shape index (κ1) is 13.4. The first-order chi connectivity index (χ1) is 8.76. The summed E-state index contributed by atoms with van der Waals surface area (Å²) in [4.78, 5) is 15.5. The van der Waals surface area contributed by atoms with Crippen LogP contribution in [-0.4, -0.2) is 31.3 Å². The number of thioether (sulfide) groups is 1. The first-order valence-corrected chi connectivity index (χ1v) is 7.67. The number of nitrogens with one attached hydrogen (secondary N) is 1. The Labute approximate surface area is 113 Å². The molecule has 1 amide bonds. The summed E-state index contributed by atoms with van der Waals surface area (Å²) in [5.74, 6) is 0.208. The molecule has 0 aliphatic carbocycles. The minimum absolute atomic E-state index is 0.0102. The summed E-state index contributed by atoms with van der Waals surface area (Å²) in [5.41, 5.74) is 1.01. The highest BCUT2D eigenvalue weighted by Gasteiger charge is 2.28. The molecule has 1 aromatic carbocycles. The molecule has 1 unspecified atom stereocenters. The van der Waals surface area contributed by atoms with Gasteiger partial charge in [0.05, 0.1) is 6.04 Å². The van der Waals surface area contributed by atoms with E-state index in [2.05, 4.69) is 23.7 Å². The number of nitrogens with zero attached hydrogens (tertiary/aromatic N) is 1. The molecule has 1 aliphatic heterocycles. The third-order valence-electron chi connectivity index (χ3n) is 3.27. The summed E-state index contributed by atoms with van der Waals surface area (Å²) in [7, 11) is 0. The lowest BCUT2D eigenvalue weighted by Crippen LogP contribution is -2.50. The fourth-order valence-electron chi connectivity index (χ4n) is 2.33. The van der Waals surface area contributed by atoms with Gasteiger partial charge in [0.2, 0.25) is 5.91 Å². The number of hydrogen-bond donors (Lipinski definition) is 1. The van der Waals surface area contributed by atoms with Gasteiger partial charge in [0.15, 0.2) is 0 Å². The van der Waals surface area contributed by atoms with Gasteiger partial charge in [-0.2, -0.15) is 0 Å². The van der Waals surface area contributed by atoms with Crippen molar-refractivity contribution in [2.75, 3.05) is 24.2 Å². The number of benzene rings is 1. The molecule has 0 bridgehead atoms. The van der Waals surface area contributed by atoms with Crippen LogP contribution in [0, 0.1) is 0 Å². The maximum atomic E-state index is 12.3. The minimum atomic E-state index is -0.0102. The van der Waals surface area contributed by atoms with E-state index in [4.69, 9.17) is 0 Å². The summed E-state index contributed by atoms with van der Waals surface area (Å²) >= 11 is 1.72. The van der Waals surface area contributed by atoms with Crippen LogP contribution in [0.1, 0.15) is 19.8 Å². The second-order valence-corrected chi connectivity index (χ2v) is 5.32. The van der Waals surface area contributed by atoms with E-state index in [-0.39, 0.29) is 11.9 Å². The Morgan fingerprint density at radius 3 is 2.72 bits per heavy atom. The van der Waals surface area contributed by atoms with Crippen LogP contribution in [0.3, 0.4) is 0 Å². The third-order valence-corrected chi connectivity index (χ3v) is 4.02. The lowest BCUT2D eigenvalue weighted by molar-refractivity contribution is -0.121. The van der Waals surface area contributed by atoms with Crippen LogP contribution in [-0.2, 0) is 4.79 Å². The molecule has 1 aromatic rings. The average Bonchev–Trinajstić information content (AvgIpc) is 2.42. The number of carbonyl (C=O) groups is 1. The molecule has 3 nitrogen and oxygen atoms in total. The van der Waals surface area contributed by atoms with Gasteiger partial charge in [-0.15, -0.1) is 11.8 Å². The highest BCUT2D eigenvalue weighted by atomic mass is 32.2. The van der Waals surface area contributed by atoms with Gasteiger partial charge < -0.3 is 10.2 Å². The number of piperidine rings is 1. The maximum Gasteiger partial charge on any atom is 0.244 e. The van der Waals surface area contributed by atoms with Crippen molar-refractivity contribution in [1.29, 1.82) is 0 Å². The highest BCUT2D eigenvalue weighted by Crippen LogP contribution is 2.24. The van der Waals surface area contributed by atoms with Crippen molar-refractivity contribution >= 4 is 23.4 Å². The van der Waals surface area contributed by atoms with Gasteiger partial charge in [-0.05, 0) is 49.9 Å². The van der Waals surface area contributed by atoms with Crippen LogP contribution in [0.25, 0.3) is 0 Å². The Morgan fingerprint density at radius 2 is 2.11 bits per heavy atom.